The number of nitrogens with zero attached hydrogens (tertiary/aromatic N) is 4. The monoisotopic (exact) mass is 539 g/mol. The van der Waals surface area contributed by atoms with Crippen molar-refractivity contribution < 1.29 is 36.5 Å². The number of hydrogen-bond donors (Lipinski definition) is 2. The Labute approximate surface area is 212 Å². The molecular weight excluding hydrogens is 512 g/mol. The van der Waals surface area contributed by atoms with Gasteiger partial charge in [-0.15, -0.1) is 10.2 Å². The second-order valence-electron chi connectivity index (χ2n) is 8.63. The van der Waals surface area contributed by atoms with Gasteiger partial charge in [-0.05, 0) is 31.0 Å². The Hall–Kier alpha value is -3.52. The summed E-state index contributed by atoms with van der Waals surface area (Å²) in [7, 11) is -0.00201. The number of benzene rings is 1. The van der Waals surface area contributed by atoms with E-state index in [1.54, 1.807) is 36.4 Å². The Morgan fingerprint density at radius 2 is 1.68 bits per heavy atom. The van der Waals surface area contributed by atoms with Crippen molar-refractivity contribution in [2.45, 2.75) is 37.0 Å². The zero-order chi connectivity index (χ0) is 27.0. The highest BCUT2D eigenvalue weighted by Gasteiger charge is 2.51. The highest BCUT2D eigenvalue weighted by atomic mass is 32.2. The van der Waals surface area contributed by atoms with Gasteiger partial charge in [0.15, 0.2) is 5.82 Å². The van der Waals surface area contributed by atoms with Crippen molar-refractivity contribution in [3.63, 3.8) is 0 Å². The second-order valence-corrected chi connectivity index (χ2v) is 10.7. The van der Waals surface area contributed by atoms with E-state index in [9.17, 15) is 22.3 Å². The molecule has 2 heterocycles. The SMILES string of the molecule is COc1cccc(-c2nnc(NS(=O)(=O)[C@@H](C)[C@@H](O)C3CC(F)(F)C3)n2-c2c(OC)cccc2OC)n1. The van der Waals surface area contributed by atoms with Crippen LogP contribution in [0.2, 0.25) is 0 Å². The molecule has 0 aliphatic heterocycles. The van der Waals surface area contributed by atoms with Crippen molar-refractivity contribution in [1.82, 2.24) is 19.7 Å². The maximum atomic E-state index is 13.3. The van der Waals surface area contributed by atoms with Crippen molar-refractivity contribution in [2.75, 3.05) is 26.1 Å². The Morgan fingerprint density at radius 1 is 1.05 bits per heavy atom. The van der Waals surface area contributed by atoms with Crippen LogP contribution in [-0.4, -0.2) is 71.9 Å². The van der Waals surface area contributed by atoms with Crippen LogP contribution in [-0.2, 0) is 10.0 Å². The first-order valence-electron chi connectivity index (χ1n) is 11.3. The first kappa shape index (κ1) is 26.5. The highest BCUT2D eigenvalue weighted by Crippen LogP contribution is 2.45. The van der Waals surface area contributed by atoms with Gasteiger partial charge in [0.25, 0.3) is 0 Å². The Bertz CT molecular complexity index is 1350. The average molecular weight is 540 g/mol. The zero-order valence-corrected chi connectivity index (χ0v) is 21.4. The number of pyridine rings is 1. The molecule has 11 nitrogen and oxygen atoms in total. The first-order valence-corrected chi connectivity index (χ1v) is 12.8. The number of hydrogen-bond acceptors (Lipinski definition) is 9. The molecule has 1 saturated carbocycles. The van der Waals surface area contributed by atoms with E-state index in [0.717, 1.165) is 0 Å². The Balaban J connectivity index is 1.80. The van der Waals surface area contributed by atoms with E-state index in [-0.39, 0.29) is 23.3 Å². The predicted molar refractivity (Wildman–Crippen MR) is 130 cm³/mol. The smallest absolute Gasteiger partial charge is 0.248 e. The minimum Gasteiger partial charge on any atom is -0.494 e. The molecule has 2 aromatic heterocycles. The summed E-state index contributed by atoms with van der Waals surface area (Å²) >= 11 is 0. The van der Waals surface area contributed by atoms with E-state index in [1.807, 2.05) is 0 Å². The second kappa shape index (κ2) is 10.1. The fraction of sp³-hybridized carbons (Fsp3) is 0.435. The lowest BCUT2D eigenvalue weighted by molar-refractivity contribution is -0.140. The predicted octanol–water partition coefficient (Wildman–Crippen LogP) is 2.89. The van der Waals surface area contributed by atoms with Crippen LogP contribution in [0.1, 0.15) is 19.8 Å². The number of anilines is 1. The molecule has 3 aromatic rings. The molecule has 0 saturated heterocycles. The molecule has 37 heavy (non-hydrogen) atoms. The number of rotatable bonds is 10. The molecule has 0 bridgehead atoms. The topological polar surface area (TPSA) is 138 Å². The molecule has 0 amide bonds. The third-order valence-electron chi connectivity index (χ3n) is 6.26. The maximum absolute atomic E-state index is 13.3. The fourth-order valence-electron chi connectivity index (χ4n) is 4.17. The number of ether oxygens (including phenoxy) is 3. The summed E-state index contributed by atoms with van der Waals surface area (Å²) in [5.41, 5.74) is 0.580. The van der Waals surface area contributed by atoms with Crippen molar-refractivity contribution in [1.29, 1.82) is 0 Å². The van der Waals surface area contributed by atoms with Gasteiger partial charge in [-0.1, -0.05) is 12.1 Å². The van der Waals surface area contributed by atoms with Crippen LogP contribution in [0.3, 0.4) is 0 Å². The number of aliphatic hydroxyl groups is 1. The number of sulfonamides is 1. The quantitative estimate of drug-likeness (QED) is 0.398. The molecule has 4 rings (SSSR count). The van der Waals surface area contributed by atoms with Crippen LogP contribution < -0.4 is 18.9 Å². The largest absolute Gasteiger partial charge is 0.494 e. The van der Waals surface area contributed by atoms with E-state index < -0.39 is 46.1 Å². The molecule has 2 atom stereocenters. The summed E-state index contributed by atoms with van der Waals surface area (Å²) in [6.07, 6.45) is -2.66. The lowest BCUT2D eigenvalue weighted by Gasteiger charge is -2.39. The van der Waals surface area contributed by atoms with Crippen LogP contribution in [0, 0.1) is 5.92 Å². The molecule has 1 aromatic carbocycles. The van der Waals surface area contributed by atoms with Gasteiger partial charge in [0.2, 0.25) is 27.8 Å². The Kier molecular flexibility index (Phi) is 7.24. The average Bonchev–Trinajstić information content (AvgIpc) is 3.27. The fourth-order valence-corrected chi connectivity index (χ4v) is 5.33. The number of halogens is 2. The highest BCUT2D eigenvalue weighted by molar-refractivity contribution is 7.93. The zero-order valence-electron chi connectivity index (χ0n) is 20.6. The number of aliphatic hydroxyl groups excluding tert-OH is 1. The van der Waals surface area contributed by atoms with Crippen LogP contribution in [0.5, 0.6) is 17.4 Å². The van der Waals surface area contributed by atoms with Crippen molar-refractivity contribution in [3.8, 4) is 34.6 Å². The van der Waals surface area contributed by atoms with E-state index >= 15 is 0 Å². The van der Waals surface area contributed by atoms with E-state index in [2.05, 4.69) is 19.9 Å². The molecule has 2 N–H and O–H groups in total. The minimum absolute atomic E-state index is 0.131. The molecule has 200 valence electrons. The summed E-state index contributed by atoms with van der Waals surface area (Å²) in [5, 5.41) is 17.3. The normalized spacial score (nSPS) is 16.9. The van der Waals surface area contributed by atoms with Crippen LogP contribution in [0.15, 0.2) is 36.4 Å². The van der Waals surface area contributed by atoms with Gasteiger partial charge in [0, 0.05) is 18.9 Å². The molecular formula is C23H27F2N5O6S. The van der Waals surface area contributed by atoms with Crippen molar-refractivity contribution in [2.24, 2.45) is 5.92 Å². The number of aromatic nitrogens is 4. The molecule has 0 radical (unpaired) electrons. The van der Waals surface area contributed by atoms with Crippen molar-refractivity contribution >= 4 is 16.0 Å². The number of nitrogens with one attached hydrogen (secondary N) is 1. The number of methoxy groups -OCH3 is 3. The Morgan fingerprint density at radius 3 is 2.24 bits per heavy atom. The van der Waals surface area contributed by atoms with Gasteiger partial charge in [0.1, 0.15) is 28.1 Å². The van der Waals surface area contributed by atoms with Gasteiger partial charge >= 0.3 is 0 Å². The first-order chi connectivity index (χ1) is 17.5. The van der Waals surface area contributed by atoms with Gasteiger partial charge in [0.05, 0.1) is 27.4 Å². The molecule has 0 unspecified atom stereocenters. The summed E-state index contributed by atoms with van der Waals surface area (Å²) in [4.78, 5) is 4.37. The summed E-state index contributed by atoms with van der Waals surface area (Å²) in [5.74, 6) is -2.95. The summed E-state index contributed by atoms with van der Waals surface area (Å²) in [6, 6.07) is 9.91. The lowest BCUT2D eigenvalue weighted by Crippen LogP contribution is -2.49. The van der Waals surface area contributed by atoms with Gasteiger partial charge < -0.3 is 19.3 Å². The molecule has 1 aliphatic rings. The lowest BCUT2D eigenvalue weighted by atomic mass is 9.77. The van der Waals surface area contributed by atoms with Gasteiger partial charge in [-0.25, -0.2) is 22.2 Å². The van der Waals surface area contributed by atoms with Crippen LogP contribution in [0.4, 0.5) is 14.7 Å². The standard InChI is InChI=1S/C23H27F2N5O6S/c1-13(20(31)14-11-23(24,25)12-14)37(32,33)29-22-28-27-21(15-7-5-10-18(26-15)36-4)30(22)19-16(34-2)8-6-9-17(19)35-3/h5-10,13-14,20,31H,11-12H2,1-4H3,(H,28,29)/t13-,20+/m0/s1. The minimum atomic E-state index is -4.32. The third-order valence-corrected chi connectivity index (χ3v) is 7.98. The number of para-hydroxylation sites is 1. The molecule has 1 fully saturated rings. The van der Waals surface area contributed by atoms with Crippen LogP contribution in [0.25, 0.3) is 17.2 Å². The van der Waals surface area contributed by atoms with E-state index in [4.69, 9.17) is 14.2 Å². The maximum Gasteiger partial charge on any atom is 0.248 e. The molecule has 0 spiro atoms. The molecule has 1 aliphatic carbocycles. The van der Waals surface area contributed by atoms with Crippen LogP contribution >= 0.6 is 0 Å². The third kappa shape index (κ3) is 5.16. The summed E-state index contributed by atoms with van der Waals surface area (Å²) < 4.78 is 73.0. The molecule has 14 heteroatoms. The van der Waals surface area contributed by atoms with Gasteiger partial charge in [-0.2, -0.15) is 0 Å². The van der Waals surface area contributed by atoms with E-state index in [0.29, 0.717) is 17.2 Å². The van der Waals surface area contributed by atoms with Gasteiger partial charge in [-0.3, -0.25) is 9.29 Å². The van der Waals surface area contributed by atoms with E-state index in [1.165, 1.54) is 32.8 Å². The summed E-state index contributed by atoms with van der Waals surface area (Å²) in [6.45, 7) is 1.25. The van der Waals surface area contributed by atoms with Crippen molar-refractivity contribution in [3.05, 3.63) is 36.4 Å². The number of alkyl halides is 2.